The van der Waals surface area contributed by atoms with Gasteiger partial charge < -0.3 is 5.11 Å². The monoisotopic (exact) mass is 434 g/mol. The molecule has 0 fully saturated rings. The molecule has 0 amide bonds. The molecule has 0 saturated heterocycles. The first-order valence-corrected chi connectivity index (χ1v) is 10.3. The molecule has 1 heterocycles. The number of aryl methyl sites for hydroxylation is 2. The Morgan fingerprint density at radius 3 is 2.53 bits per heavy atom. The number of aliphatic carboxylic acids is 1. The minimum absolute atomic E-state index is 0.560. The average molecular weight is 434 g/mol. The molecule has 0 radical (unpaired) electrons. The zero-order valence-electron chi connectivity index (χ0n) is 16.5. The van der Waals surface area contributed by atoms with Gasteiger partial charge in [-0.15, -0.1) is 11.8 Å². The average Bonchev–Trinajstić information content (AvgIpc) is 3.07. The lowest BCUT2D eigenvalue weighted by Crippen LogP contribution is -2.07. The smallest absolute Gasteiger partial charge is 0.416 e. The van der Waals surface area contributed by atoms with E-state index in [0.717, 1.165) is 46.0 Å². The van der Waals surface area contributed by atoms with Crippen molar-refractivity contribution in [2.75, 3.05) is 5.75 Å². The number of benzene rings is 2. The maximum atomic E-state index is 12.7. The van der Waals surface area contributed by atoms with Gasteiger partial charge >= 0.3 is 12.1 Å². The van der Waals surface area contributed by atoms with Crippen LogP contribution >= 0.6 is 11.8 Å². The molecule has 4 nitrogen and oxygen atoms in total. The predicted octanol–water partition coefficient (Wildman–Crippen LogP) is 5.72. The van der Waals surface area contributed by atoms with E-state index in [9.17, 15) is 18.0 Å². The fraction of sp³-hybridized carbons (Fsp3) is 0.273. The summed E-state index contributed by atoms with van der Waals surface area (Å²) in [5.74, 6) is -0.650. The van der Waals surface area contributed by atoms with Crippen molar-refractivity contribution in [2.24, 2.45) is 0 Å². The van der Waals surface area contributed by atoms with Gasteiger partial charge in [0.25, 0.3) is 0 Å². The van der Waals surface area contributed by atoms with Crippen molar-refractivity contribution < 1.29 is 23.1 Å². The van der Waals surface area contributed by atoms with Crippen LogP contribution in [0.3, 0.4) is 0 Å². The highest BCUT2D eigenvalue weighted by Crippen LogP contribution is 2.30. The van der Waals surface area contributed by atoms with E-state index >= 15 is 0 Å². The number of hydrogen-bond acceptors (Lipinski definition) is 3. The highest BCUT2D eigenvalue weighted by atomic mass is 32.2. The van der Waals surface area contributed by atoms with Crippen LogP contribution < -0.4 is 0 Å². The van der Waals surface area contributed by atoms with Gasteiger partial charge in [-0.2, -0.15) is 18.3 Å². The van der Waals surface area contributed by atoms with Crippen LogP contribution in [0.5, 0.6) is 0 Å². The fourth-order valence-electron chi connectivity index (χ4n) is 2.97. The van der Waals surface area contributed by atoms with E-state index in [4.69, 9.17) is 5.11 Å². The normalized spacial score (nSPS) is 12.7. The fourth-order valence-corrected chi connectivity index (χ4v) is 3.92. The summed E-state index contributed by atoms with van der Waals surface area (Å²) >= 11 is 1.62. The first-order chi connectivity index (χ1) is 14.1. The van der Waals surface area contributed by atoms with E-state index in [-0.39, 0.29) is 0 Å². The van der Waals surface area contributed by atoms with Crippen LogP contribution in [-0.2, 0) is 17.4 Å². The van der Waals surface area contributed by atoms with Gasteiger partial charge in [-0.25, -0.2) is 4.68 Å². The molecule has 0 aliphatic carbocycles. The molecule has 1 N–H and O–H groups in total. The lowest BCUT2D eigenvalue weighted by atomic mass is 10.0. The minimum atomic E-state index is -4.36. The summed E-state index contributed by atoms with van der Waals surface area (Å²) in [5.41, 5.74) is 2.48. The number of rotatable bonds is 7. The molecular weight excluding hydrogens is 413 g/mol. The summed E-state index contributed by atoms with van der Waals surface area (Å²) < 4.78 is 39.8. The maximum absolute atomic E-state index is 12.7. The summed E-state index contributed by atoms with van der Waals surface area (Å²) in [7, 11) is 0. The van der Waals surface area contributed by atoms with E-state index in [1.807, 2.05) is 31.3 Å². The largest absolute Gasteiger partial charge is 0.481 e. The first-order valence-electron chi connectivity index (χ1n) is 9.33. The maximum Gasteiger partial charge on any atom is 0.416 e. The zero-order chi connectivity index (χ0) is 21.9. The minimum Gasteiger partial charge on any atom is -0.481 e. The summed E-state index contributed by atoms with van der Waals surface area (Å²) in [6.45, 7) is 3.53. The molecule has 0 spiro atoms. The van der Waals surface area contributed by atoms with Crippen molar-refractivity contribution in [1.82, 2.24) is 9.78 Å². The van der Waals surface area contributed by atoms with Gasteiger partial charge in [0.1, 0.15) is 0 Å². The second kappa shape index (κ2) is 8.95. The zero-order valence-corrected chi connectivity index (χ0v) is 17.3. The number of nitrogens with zero attached hydrogens (tertiary/aromatic N) is 2. The molecule has 2 aromatic carbocycles. The van der Waals surface area contributed by atoms with Gasteiger partial charge in [0.2, 0.25) is 0 Å². The van der Waals surface area contributed by atoms with Crippen molar-refractivity contribution >= 4 is 17.7 Å². The summed E-state index contributed by atoms with van der Waals surface area (Å²) in [6, 6.07) is 12.4. The van der Waals surface area contributed by atoms with Crippen LogP contribution in [0.15, 0.2) is 59.6 Å². The highest BCUT2D eigenvalue weighted by molar-refractivity contribution is 7.99. The molecule has 0 aliphatic heterocycles. The molecule has 3 aromatic rings. The molecule has 0 saturated carbocycles. The summed E-state index contributed by atoms with van der Waals surface area (Å²) in [5, 5.41) is 13.6. The third-order valence-electron chi connectivity index (χ3n) is 4.83. The molecule has 1 unspecified atom stereocenters. The SMILES string of the molecule is Cc1nn(-c2ccc(C(F)(F)F)cc2)cc1CCSc1cccc(C(C)C(=O)O)c1. The molecular formula is C22H21F3N2O2S. The Kier molecular flexibility index (Phi) is 6.55. The van der Waals surface area contributed by atoms with Crippen molar-refractivity contribution in [3.8, 4) is 5.69 Å². The number of halogens is 3. The third kappa shape index (κ3) is 5.24. The van der Waals surface area contributed by atoms with Crippen LogP contribution in [0.1, 0.15) is 35.2 Å². The van der Waals surface area contributed by atoms with Gasteiger partial charge in [0, 0.05) is 16.8 Å². The Hall–Kier alpha value is -2.74. The van der Waals surface area contributed by atoms with Crippen molar-refractivity contribution in [2.45, 2.75) is 37.3 Å². The molecule has 0 bridgehead atoms. The Labute approximate surface area is 176 Å². The van der Waals surface area contributed by atoms with Gasteiger partial charge in [-0.3, -0.25) is 4.79 Å². The topological polar surface area (TPSA) is 55.1 Å². The van der Waals surface area contributed by atoms with Gasteiger partial charge in [0.05, 0.1) is 22.9 Å². The van der Waals surface area contributed by atoms with E-state index in [1.165, 1.54) is 12.1 Å². The van der Waals surface area contributed by atoms with Crippen LogP contribution in [-0.4, -0.2) is 26.6 Å². The molecule has 3 rings (SSSR count). The van der Waals surface area contributed by atoms with Crippen molar-refractivity contribution in [1.29, 1.82) is 0 Å². The number of carboxylic acids is 1. The van der Waals surface area contributed by atoms with Crippen LogP contribution in [0.2, 0.25) is 0 Å². The Bertz CT molecular complexity index is 1030. The van der Waals surface area contributed by atoms with Crippen molar-refractivity contribution in [3.05, 3.63) is 77.1 Å². The Balaban J connectivity index is 1.64. The van der Waals surface area contributed by atoms with Crippen molar-refractivity contribution in [3.63, 3.8) is 0 Å². The number of carboxylic acid groups (broad SMARTS) is 1. The van der Waals surface area contributed by atoms with Gasteiger partial charge in [0.15, 0.2) is 0 Å². The Morgan fingerprint density at radius 2 is 1.90 bits per heavy atom. The van der Waals surface area contributed by atoms with Crippen LogP contribution in [0, 0.1) is 6.92 Å². The molecule has 1 aromatic heterocycles. The standard InChI is InChI=1S/C22H21F3N2O2S/c1-14(21(28)29)16-4-3-5-20(12-16)30-11-10-17-13-27(26-15(17)2)19-8-6-18(7-9-19)22(23,24)25/h3-9,12-14H,10-11H2,1-2H3,(H,28,29). The van der Waals surface area contributed by atoms with Gasteiger partial charge in [-0.1, -0.05) is 12.1 Å². The van der Waals surface area contributed by atoms with E-state index in [1.54, 1.807) is 29.4 Å². The second-order valence-electron chi connectivity index (χ2n) is 6.96. The first kappa shape index (κ1) is 22.0. The van der Waals surface area contributed by atoms with Crippen LogP contribution in [0.25, 0.3) is 5.69 Å². The molecule has 8 heteroatoms. The van der Waals surface area contributed by atoms with E-state index in [2.05, 4.69) is 5.10 Å². The summed E-state index contributed by atoms with van der Waals surface area (Å²) in [4.78, 5) is 12.2. The molecule has 0 aliphatic rings. The van der Waals surface area contributed by atoms with Gasteiger partial charge in [-0.05, 0) is 67.8 Å². The number of thioether (sulfide) groups is 1. The molecule has 30 heavy (non-hydrogen) atoms. The lowest BCUT2D eigenvalue weighted by molar-refractivity contribution is -0.138. The Morgan fingerprint density at radius 1 is 1.20 bits per heavy atom. The predicted molar refractivity (Wildman–Crippen MR) is 110 cm³/mol. The third-order valence-corrected chi connectivity index (χ3v) is 5.82. The van der Waals surface area contributed by atoms with E-state index in [0.29, 0.717) is 5.69 Å². The van der Waals surface area contributed by atoms with Crippen LogP contribution in [0.4, 0.5) is 13.2 Å². The lowest BCUT2D eigenvalue weighted by Gasteiger charge is -2.08. The number of aromatic nitrogens is 2. The second-order valence-corrected chi connectivity index (χ2v) is 8.13. The quantitative estimate of drug-likeness (QED) is 0.483. The van der Waals surface area contributed by atoms with E-state index < -0.39 is 23.6 Å². The summed E-state index contributed by atoms with van der Waals surface area (Å²) in [6.07, 6.45) is -1.79. The molecule has 1 atom stereocenters. The highest BCUT2D eigenvalue weighted by Gasteiger charge is 2.30. The number of carbonyl (C=O) groups is 1. The number of hydrogen-bond donors (Lipinski definition) is 1. The molecule has 158 valence electrons. The number of alkyl halides is 3.